The lowest BCUT2D eigenvalue weighted by Gasteiger charge is -2.16. The van der Waals surface area contributed by atoms with Gasteiger partial charge in [-0.15, -0.1) is 0 Å². The lowest BCUT2D eigenvalue weighted by Crippen LogP contribution is -2.29. The van der Waals surface area contributed by atoms with Gasteiger partial charge in [-0.05, 0) is 53.3 Å². The van der Waals surface area contributed by atoms with Crippen LogP contribution >= 0.6 is 22.6 Å². The molecule has 2 aromatic carbocycles. The van der Waals surface area contributed by atoms with Crippen molar-refractivity contribution in [2.75, 3.05) is 18.5 Å². The molecule has 34 heavy (non-hydrogen) atoms. The number of carbonyl (C=O) groups is 2. The van der Waals surface area contributed by atoms with Crippen LogP contribution < -0.4 is 16.5 Å². The SMILES string of the molecule is CCCC(O/N=C/c1cc(C(=O)NOCCO)c(Nc2ccc(I)cc2F)c(F)c1F)C(N)=O. The molecule has 0 radical (unpaired) electrons. The number of hydrogen-bond donors (Lipinski definition) is 4. The Morgan fingerprint density at radius 2 is 2.00 bits per heavy atom. The van der Waals surface area contributed by atoms with Gasteiger partial charge in [0.25, 0.3) is 11.8 Å². The largest absolute Gasteiger partial charge is 0.394 e. The number of hydrogen-bond acceptors (Lipinski definition) is 7. The molecule has 0 saturated carbocycles. The maximum Gasteiger partial charge on any atom is 0.277 e. The summed E-state index contributed by atoms with van der Waals surface area (Å²) in [6, 6.07) is 4.90. The van der Waals surface area contributed by atoms with Crippen molar-refractivity contribution in [3.8, 4) is 0 Å². The number of benzene rings is 2. The predicted molar refractivity (Wildman–Crippen MR) is 126 cm³/mol. The summed E-state index contributed by atoms with van der Waals surface area (Å²) in [7, 11) is 0. The third-order valence-electron chi connectivity index (χ3n) is 4.28. The van der Waals surface area contributed by atoms with Crippen LogP contribution in [0.3, 0.4) is 0 Å². The maximum absolute atomic E-state index is 15.0. The van der Waals surface area contributed by atoms with Gasteiger partial charge in [0.05, 0.1) is 36.4 Å². The molecule has 5 N–H and O–H groups in total. The normalized spacial score (nSPS) is 11.9. The topological polar surface area (TPSA) is 135 Å². The van der Waals surface area contributed by atoms with Crippen molar-refractivity contribution in [3.05, 3.63) is 56.4 Å². The molecule has 1 atom stereocenters. The molecule has 9 nitrogen and oxygen atoms in total. The summed E-state index contributed by atoms with van der Waals surface area (Å²) in [5.74, 6) is -5.49. The van der Waals surface area contributed by atoms with Gasteiger partial charge in [-0.2, -0.15) is 0 Å². The molecule has 0 aliphatic carbocycles. The van der Waals surface area contributed by atoms with Crippen molar-refractivity contribution in [2.24, 2.45) is 10.9 Å². The molecule has 1 unspecified atom stereocenters. The van der Waals surface area contributed by atoms with Gasteiger partial charge >= 0.3 is 0 Å². The highest BCUT2D eigenvalue weighted by Crippen LogP contribution is 2.30. The Morgan fingerprint density at radius 1 is 1.26 bits per heavy atom. The van der Waals surface area contributed by atoms with Gasteiger partial charge in [-0.1, -0.05) is 18.5 Å². The minimum atomic E-state index is -1.51. The van der Waals surface area contributed by atoms with E-state index in [-0.39, 0.29) is 18.7 Å². The molecular formula is C21H22F3IN4O5. The Hall–Kier alpha value is -2.91. The smallest absolute Gasteiger partial charge is 0.277 e. The molecule has 2 amide bonds. The van der Waals surface area contributed by atoms with E-state index in [1.165, 1.54) is 12.1 Å². The van der Waals surface area contributed by atoms with Crippen molar-refractivity contribution in [1.29, 1.82) is 0 Å². The minimum Gasteiger partial charge on any atom is -0.394 e. The van der Waals surface area contributed by atoms with Crippen LogP contribution in [0, 0.1) is 21.0 Å². The number of nitrogens with two attached hydrogens (primary N) is 1. The average Bonchev–Trinajstić information content (AvgIpc) is 2.79. The lowest BCUT2D eigenvalue weighted by molar-refractivity contribution is -0.129. The first-order valence-corrected chi connectivity index (χ1v) is 11.0. The summed E-state index contributed by atoms with van der Waals surface area (Å²) >= 11 is 1.87. The summed E-state index contributed by atoms with van der Waals surface area (Å²) in [6.45, 7) is 1.10. The number of carbonyl (C=O) groups excluding carboxylic acids is 2. The Balaban J connectivity index is 2.46. The van der Waals surface area contributed by atoms with Gasteiger partial charge in [-0.3, -0.25) is 14.4 Å². The number of anilines is 2. The summed E-state index contributed by atoms with van der Waals surface area (Å²) in [5, 5.41) is 14.7. The number of primary amides is 1. The highest BCUT2D eigenvalue weighted by Gasteiger charge is 2.24. The van der Waals surface area contributed by atoms with E-state index in [1.807, 2.05) is 28.1 Å². The van der Waals surface area contributed by atoms with E-state index in [2.05, 4.69) is 10.5 Å². The van der Waals surface area contributed by atoms with Crippen molar-refractivity contribution < 1.29 is 37.5 Å². The fourth-order valence-electron chi connectivity index (χ4n) is 2.65. The number of nitrogens with zero attached hydrogens (tertiary/aromatic N) is 1. The van der Waals surface area contributed by atoms with Crippen molar-refractivity contribution >= 4 is 52.0 Å². The standard InChI is InChI=1S/C21H22F3IN4O5/c1-2-3-16(20(26)31)34-27-10-11-8-13(21(32)29-33-7-6-30)19(18(24)17(11)23)28-15-5-4-12(25)9-14(15)22/h4-5,8-10,16,28,30H,2-3,6-7H2,1H3,(H2,26,31)(H,29,32)/b27-10+. The number of halogens is 4. The first kappa shape index (κ1) is 27.3. The van der Waals surface area contributed by atoms with Gasteiger partial charge in [0, 0.05) is 9.13 Å². The third-order valence-corrected chi connectivity index (χ3v) is 4.95. The molecular weight excluding hydrogens is 572 g/mol. The number of aliphatic hydroxyl groups excluding tert-OH is 1. The summed E-state index contributed by atoms with van der Waals surface area (Å²) in [5.41, 5.74) is 5.33. The molecule has 0 fully saturated rings. The lowest BCUT2D eigenvalue weighted by atomic mass is 10.1. The number of amides is 2. The van der Waals surface area contributed by atoms with E-state index in [1.54, 1.807) is 6.92 Å². The Morgan fingerprint density at radius 3 is 2.62 bits per heavy atom. The van der Waals surface area contributed by atoms with E-state index >= 15 is 4.39 Å². The number of hydroxylamine groups is 1. The average molecular weight is 594 g/mol. The van der Waals surface area contributed by atoms with Crippen LogP contribution in [-0.2, 0) is 14.5 Å². The zero-order valence-electron chi connectivity index (χ0n) is 17.9. The first-order valence-electron chi connectivity index (χ1n) is 9.95. The number of aliphatic hydroxyl groups is 1. The van der Waals surface area contributed by atoms with Crippen LogP contribution in [0.5, 0.6) is 0 Å². The second-order valence-electron chi connectivity index (χ2n) is 6.79. The summed E-state index contributed by atoms with van der Waals surface area (Å²) < 4.78 is 44.6. The Kier molecular flexibility index (Phi) is 10.5. The number of oxime groups is 1. The zero-order chi connectivity index (χ0) is 25.3. The number of nitrogens with one attached hydrogen (secondary N) is 2. The molecule has 0 aliphatic heterocycles. The van der Waals surface area contributed by atoms with Crippen LogP contribution in [0.2, 0.25) is 0 Å². The molecule has 0 saturated heterocycles. The second kappa shape index (κ2) is 13.1. The predicted octanol–water partition coefficient (Wildman–Crippen LogP) is 3.11. The number of rotatable bonds is 12. The van der Waals surface area contributed by atoms with Crippen LogP contribution in [0.1, 0.15) is 35.7 Å². The quantitative estimate of drug-likeness (QED) is 0.129. The van der Waals surface area contributed by atoms with Gasteiger partial charge in [0.15, 0.2) is 11.6 Å². The van der Waals surface area contributed by atoms with E-state index in [9.17, 15) is 18.4 Å². The molecule has 0 heterocycles. The highest BCUT2D eigenvalue weighted by molar-refractivity contribution is 14.1. The molecule has 0 aromatic heterocycles. The fourth-order valence-corrected chi connectivity index (χ4v) is 3.11. The van der Waals surface area contributed by atoms with Crippen LogP contribution in [-0.4, -0.2) is 42.5 Å². The van der Waals surface area contributed by atoms with Crippen LogP contribution in [0.4, 0.5) is 24.5 Å². The molecule has 0 spiro atoms. The Bertz CT molecular complexity index is 1070. The van der Waals surface area contributed by atoms with Crippen molar-refractivity contribution in [3.63, 3.8) is 0 Å². The van der Waals surface area contributed by atoms with Gasteiger partial charge in [0.2, 0.25) is 6.10 Å². The third kappa shape index (κ3) is 7.30. The Labute approximate surface area is 206 Å². The second-order valence-corrected chi connectivity index (χ2v) is 8.03. The summed E-state index contributed by atoms with van der Waals surface area (Å²) in [6.07, 6.45) is 0.502. The molecule has 2 aromatic rings. The zero-order valence-corrected chi connectivity index (χ0v) is 20.1. The van der Waals surface area contributed by atoms with E-state index < -0.39 is 58.8 Å². The van der Waals surface area contributed by atoms with Crippen molar-refractivity contribution in [1.82, 2.24) is 5.48 Å². The molecule has 184 valence electrons. The minimum absolute atomic E-state index is 0.211. The van der Waals surface area contributed by atoms with Crippen molar-refractivity contribution in [2.45, 2.75) is 25.9 Å². The van der Waals surface area contributed by atoms with Gasteiger partial charge < -0.3 is 21.0 Å². The summed E-state index contributed by atoms with van der Waals surface area (Å²) in [4.78, 5) is 33.6. The first-order chi connectivity index (χ1) is 16.2. The van der Waals surface area contributed by atoms with E-state index in [4.69, 9.17) is 20.5 Å². The van der Waals surface area contributed by atoms with Crippen LogP contribution in [0.15, 0.2) is 29.4 Å². The monoisotopic (exact) mass is 594 g/mol. The highest BCUT2D eigenvalue weighted by atomic mass is 127. The van der Waals surface area contributed by atoms with E-state index in [0.717, 1.165) is 18.3 Å². The maximum atomic E-state index is 15.0. The van der Waals surface area contributed by atoms with Gasteiger partial charge in [0.1, 0.15) is 5.82 Å². The molecule has 0 aliphatic rings. The van der Waals surface area contributed by atoms with Crippen LogP contribution in [0.25, 0.3) is 0 Å². The van der Waals surface area contributed by atoms with Gasteiger partial charge in [-0.25, -0.2) is 18.7 Å². The molecule has 2 rings (SSSR count). The fraction of sp³-hybridized carbons (Fsp3) is 0.286. The molecule has 0 bridgehead atoms. The molecule has 13 heteroatoms. The van der Waals surface area contributed by atoms with E-state index in [0.29, 0.717) is 9.99 Å².